The Morgan fingerprint density at radius 2 is 1.54 bits per heavy atom. The van der Waals surface area contributed by atoms with Crippen LogP contribution in [0, 0.1) is 6.92 Å². The average molecular weight is 702 g/mol. The van der Waals surface area contributed by atoms with Crippen LogP contribution < -0.4 is 21.7 Å². The number of aryl methyl sites for hydroxylation is 1. The summed E-state index contributed by atoms with van der Waals surface area (Å²) < 4.78 is 10.4. The highest BCUT2D eigenvalue weighted by Gasteiger charge is 2.29. The zero-order chi connectivity index (χ0) is 35.9. The van der Waals surface area contributed by atoms with E-state index in [-0.39, 0.29) is 19.1 Å². The van der Waals surface area contributed by atoms with Crippen LogP contribution in [0.2, 0.25) is 0 Å². The summed E-state index contributed by atoms with van der Waals surface area (Å²) in [6.07, 6.45) is 5.23. The lowest BCUT2D eigenvalue weighted by molar-refractivity contribution is -0.145. The molecule has 0 saturated heterocycles. The third-order valence-corrected chi connectivity index (χ3v) is 9.22. The molecular weight excluding hydrogens is 655 g/mol. The van der Waals surface area contributed by atoms with Gasteiger partial charge in [0.05, 0.1) is 13.7 Å². The van der Waals surface area contributed by atoms with Crippen molar-refractivity contribution in [2.24, 2.45) is 5.73 Å². The second-order valence-corrected chi connectivity index (χ2v) is 12.9. The van der Waals surface area contributed by atoms with Crippen molar-refractivity contribution in [1.82, 2.24) is 20.9 Å². The molecule has 5 rings (SSSR count). The van der Waals surface area contributed by atoms with Gasteiger partial charge >= 0.3 is 12.1 Å². The van der Waals surface area contributed by atoms with E-state index in [1.54, 1.807) is 0 Å². The second-order valence-electron chi connectivity index (χ2n) is 12.0. The SMILES string of the molecule is COC(=O)C(CCCCNC(=O)OCC1c2ccccc2-c2ccccc21)NC(=O)C(CCSC)NC(=O)CN.Cc1c[nH]c2ccccc12. The first-order valence-corrected chi connectivity index (χ1v) is 18.1. The molecular formula is C38H47N5O6S. The molecule has 0 bridgehead atoms. The highest BCUT2D eigenvalue weighted by molar-refractivity contribution is 7.98. The number of H-pyrrole nitrogens is 1. The first kappa shape index (κ1) is 38.0. The number of hydrogen-bond donors (Lipinski definition) is 5. The van der Waals surface area contributed by atoms with Crippen LogP contribution in [0.1, 0.15) is 48.3 Å². The van der Waals surface area contributed by atoms with Crippen LogP contribution in [0.3, 0.4) is 0 Å². The molecule has 12 heteroatoms. The van der Waals surface area contributed by atoms with Gasteiger partial charge in [0.2, 0.25) is 11.8 Å². The molecule has 0 radical (unpaired) electrons. The molecule has 3 aromatic carbocycles. The summed E-state index contributed by atoms with van der Waals surface area (Å²) in [6, 6.07) is 22.9. The van der Waals surface area contributed by atoms with E-state index in [1.807, 2.05) is 42.8 Å². The van der Waals surface area contributed by atoms with Crippen molar-refractivity contribution in [1.29, 1.82) is 0 Å². The minimum Gasteiger partial charge on any atom is -0.467 e. The van der Waals surface area contributed by atoms with Crippen LogP contribution in [0.15, 0.2) is 79.0 Å². The number of nitrogens with two attached hydrogens (primary N) is 1. The third-order valence-electron chi connectivity index (χ3n) is 8.58. The number of nitrogens with one attached hydrogen (secondary N) is 4. The van der Waals surface area contributed by atoms with Crippen molar-refractivity contribution >= 4 is 46.5 Å². The number of benzene rings is 3. The van der Waals surface area contributed by atoms with Gasteiger partial charge in [-0.1, -0.05) is 66.7 Å². The van der Waals surface area contributed by atoms with Crippen LogP contribution in [0.5, 0.6) is 0 Å². The molecule has 3 amide bonds. The summed E-state index contributed by atoms with van der Waals surface area (Å²) in [6.45, 7) is 2.45. The normalized spacial score (nSPS) is 12.8. The van der Waals surface area contributed by atoms with Gasteiger partial charge < -0.3 is 36.1 Å². The number of hydrogen-bond acceptors (Lipinski definition) is 8. The fourth-order valence-corrected chi connectivity index (χ4v) is 6.42. The van der Waals surface area contributed by atoms with Crippen LogP contribution in [-0.4, -0.2) is 79.8 Å². The quantitative estimate of drug-likeness (QED) is 0.0852. The molecule has 0 fully saturated rings. The van der Waals surface area contributed by atoms with E-state index < -0.39 is 36.0 Å². The van der Waals surface area contributed by atoms with Gasteiger partial charge in [0.25, 0.3) is 0 Å². The number of methoxy groups -OCH3 is 1. The molecule has 266 valence electrons. The number of para-hydroxylation sites is 1. The Morgan fingerprint density at radius 1 is 0.880 bits per heavy atom. The minimum absolute atomic E-state index is 0.0167. The van der Waals surface area contributed by atoms with Gasteiger partial charge in [-0.2, -0.15) is 11.8 Å². The lowest BCUT2D eigenvalue weighted by Gasteiger charge is -2.22. The van der Waals surface area contributed by atoms with Crippen LogP contribution in [0.25, 0.3) is 22.0 Å². The summed E-state index contributed by atoms with van der Waals surface area (Å²) in [5.74, 6) is -0.866. The number of esters is 1. The summed E-state index contributed by atoms with van der Waals surface area (Å²) in [4.78, 5) is 52.4. The van der Waals surface area contributed by atoms with Crippen molar-refractivity contribution in [2.45, 2.75) is 50.6 Å². The largest absolute Gasteiger partial charge is 0.467 e. The molecule has 0 aliphatic heterocycles. The molecule has 4 aromatic rings. The maximum Gasteiger partial charge on any atom is 0.407 e. The third kappa shape index (κ3) is 10.3. The first-order valence-electron chi connectivity index (χ1n) is 16.8. The van der Waals surface area contributed by atoms with Crippen molar-refractivity contribution in [3.63, 3.8) is 0 Å². The van der Waals surface area contributed by atoms with Crippen molar-refractivity contribution in [3.8, 4) is 11.1 Å². The number of carbonyl (C=O) groups is 4. The molecule has 2 atom stereocenters. The highest BCUT2D eigenvalue weighted by atomic mass is 32.2. The van der Waals surface area contributed by atoms with E-state index in [0.717, 1.165) is 22.3 Å². The standard InChI is InChI=1S/C29H38N4O6S.C9H9N/c1-38-28(36)25(33-27(35)24(14-16-40-2)32-26(34)17-30)13-7-8-15-31-29(37)39-18-23-21-11-5-3-9-19(21)20-10-4-6-12-22(20)23;1-7-6-10-9-5-3-2-4-8(7)9/h3-6,9-12,23-25H,7-8,13-18,30H2,1-2H3,(H,31,37)(H,32,34)(H,33,35);2-6,10H,1H3. The number of alkyl carbamates (subject to hydrolysis) is 1. The summed E-state index contributed by atoms with van der Waals surface area (Å²) in [7, 11) is 1.25. The molecule has 11 nitrogen and oxygen atoms in total. The van der Waals surface area contributed by atoms with Crippen molar-refractivity contribution in [2.75, 3.05) is 38.8 Å². The fourth-order valence-electron chi connectivity index (χ4n) is 5.95. The monoisotopic (exact) mass is 701 g/mol. The number of ether oxygens (including phenoxy) is 2. The smallest absolute Gasteiger partial charge is 0.407 e. The minimum atomic E-state index is -0.876. The number of amides is 3. The Bertz CT molecular complexity index is 1700. The molecule has 1 aliphatic carbocycles. The van der Waals surface area contributed by atoms with Crippen molar-refractivity contribution < 1.29 is 28.7 Å². The molecule has 2 unspecified atom stereocenters. The molecule has 0 saturated carbocycles. The molecule has 6 N–H and O–H groups in total. The average Bonchev–Trinajstić information content (AvgIpc) is 3.68. The number of aromatic nitrogens is 1. The Kier molecular flexibility index (Phi) is 14.7. The van der Waals surface area contributed by atoms with E-state index in [0.29, 0.717) is 38.0 Å². The van der Waals surface area contributed by atoms with Gasteiger partial charge in [-0.25, -0.2) is 9.59 Å². The number of aromatic amines is 1. The number of thioether (sulfide) groups is 1. The summed E-state index contributed by atoms with van der Waals surface area (Å²) >= 11 is 1.54. The predicted octanol–water partition coefficient (Wildman–Crippen LogP) is 5.03. The number of unbranched alkanes of at least 4 members (excludes halogenated alkanes) is 1. The zero-order valence-corrected chi connectivity index (χ0v) is 29.6. The van der Waals surface area contributed by atoms with E-state index in [4.69, 9.17) is 15.2 Å². The van der Waals surface area contributed by atoms with Crippen LogP contribution in [0.4, 0.5) is 4.79 Å². The molecule has 1 aliphatic rings. The predicted molar refractivity (Wildman–Crippen MR) is 198 cm³/mol. The second kappa shape index (κ2) is 19.4. The number of fused-ring (bicyclic) bond motifs is 4. The maximum absolute atomic E-state index is 12.8. The molecule has 50 heavy (non-hydrogen) atoms. The lowest BCUT2D eigenvalue weighted by Crippen LogP contribution is -2.53. The summed E-state index contributed by atoms with van der Waals surface area (Å²) in [5.41, 5.74) is 12.5. The van der Waals surface area contributed by atoms with Crippen molar-refractivity contribution in [3.05, 3.63) is 95.7 Å². The highest BCUT2D eigenvalue weighted by Crippen LogP contribution is 2.44. The van der Waals surface area contributed by atoms with E-state index >= 15 is 0 Å². The van der Waals surface area contributed by atoms with Gasteiger partial charge in [0.15, 0.2) is 0 Å². The summed E-state index contributed by atoms with van der Waals surface area (Å²) in [5, 5.41) is 9.35. The van der Waals surface area contributed by atoms with Gasteiger partial charge in [0, 0.05) is 29.6 Å². The number of carbonyl (C=O) groups excluding carboxylic acids is 4. The molecule has 0 spiro atoms. The Hall–Kier alpha value is -4.81. The topological polar surface area (TPSA) is 165 Å². The van der Waals surface area contributed by atoms with E-state index in [2.05, 4.69) is 70.3 Å². The molecule has 1 heterocycles. The Balaban J connectivity index is 0.000000474. The van der Waals surface area contributed by atoms with Crippen LogP contribution in [-0.2, 0) is 23.9 Å². The van der Waals surface area contributed by atoms with Gasteiger partial charge in [-0.05, 0) is 78.5 Å². The van der Waals surface area contributed by atoms with Gasteiger partial charge in [0.1, 0.15) is 18.7 Å². The Labute approximate surface area is 297 Å². The molecule has 1 aromatic heterocycles. The lowest BCUT2D eigenvalue weighted by atomic mass is 9.98. The first-order chi connectivity index (χ1) is 24.3. The van der Waals surface area contributed by atoms with E-state index in [1.165, 1.54) is 35.3 Å². The fraction of sp³-hybridized carbons (Fsp3) is 0.368. The number of rotatable bonds is 15. The maximum atomic E-state index is 12.8. The van der Waals surface area contributed by atoms with Crippen LogP contribution >= 0.6 is 11.8 Å². The van der Waals surface area contributed by atoms with Gasteiger partial charge in [-0.3, -0.25) is 9.59 Å². The van der Waals surface area contributed by atoms with E-state index in [9.17, 15) is 19.2 Å². The Morgan fingerprint density at radius 3 is 2.18 bits per heavy atom. The van der Waals surface area contributed by atoms with Gasteiger partial charge in [-0.15, -0.1) is 0 Å². The zero-order valence-electron chi connectivity index (χ0n) is 28.8.